The second kappa shape index (κ2) is 9.21. The number of amides is 1. The van der Waals surface area contributed by atoms with Crippen molar-refractivity contribution in [1.82, 2.24) is 15.5 Å². The van der Waals surface area contributed by atoms with Gasteiger partial charge in [-0.15, -0.1) is 0 Å². The van der Waals surface area contributed by atoms with Gasteiger partial charge < -0.3 is 15.5 Å². The van der Waals surface area contributed by atoms with E-state index in [-0.39, 0.29) is 23.6 Å². The highest BCUT2D eigenvalue weighted by Crippen LogP contribution is 2.13. The predicted octanol–water partition coefficient (Wildman–Crippen LogP) is 1.15. The van der Waals surface area contributed by atoms with E-state index in [1.807, 2.05) is 43.0 Å². The summed E-state index contributed by atoms with van der Waals surface area (Å²) in [6, 6.07) is 7.69. The Morgan fingerprint density at radius 2 is 1.89 bits per heavy atom. The second-order valence-electron chi connectivity index (χ2n) is 7.38. The normalized spacial score (nSPS) is 18.0. The smallest absolute Gasteiger partial charge is 0.225 e. The van der Waals surface area contributed by atoms with Gasteiger partial charge in [-0.25, -0.2) is 8.42 Å². The van der Waals surface area contributed by atoms with Crippen molar-refractivity contribution in [2.45, 2.75) is 38.6 Å². The van der Waals surface area contributed by atoms with Gasteiger partial charge in [0.05, 0.1) is 5.75 Å². The topological polar surface area (TPSA) is 90.9 Å². The van der Waals surface area contributed by atoms with Crippen molar-refractivity contribution < 1.29 is 13.2 Å². The molecule has 150 valence electrons. The van der Waals surface area contributed by atoms with Gasteiger partial charge in [-0.1, -0.05) is 38.1 Å². The van der Waals surface area contributed by atoms with E-state index in [0.29, 0.717) is 19.0 Å². The highest BCUT2D eigenvalue weighted by molar-refractivity contribution is 7.89. The molecule has 0 bridgehead atoms. The van der Waals surface area contributed by atoms with Crippen molar-refractivity contribution in [3.05, 3.63) is 35.4 Å². The van der Waals surface area contributed by atoms with Crippen LogP contribution in [0.2, 0.25) is 0 Å². The van der Waals surface area contributed by atoms with Crippen LogP contribution in [0.1, 0.15) is 31.4 Å². The van der Waals surface area contributed by atoms with E-state index in [9.17, 15) is 13.2 Å². The Morgan fingerprint density at radius 3 is 2.44 bits per heavy atom. The fourth-order valence-electron chi connectivity index (χ4n) is 3.07. The lowest BCUT2D eigenvalue weighted by atomic mass is 10.1. The number of nitrogens with one attached hydrogen (secondary N) is 2. The first kappa shape index (κ1) is 21.2. The molecule has 2 N–H and O–H groups in total. The number of likely N-dealkylation sites (tertiary alicyclic amines) is 1. The van der Waals surface area contributed by atoms with E-state index >= 15 is 0 Å². The molecule has 1 aliphatic heterocycles. The molecule has 1 fully saturated rings. The Morgan fingerprint density at radius 1 is 1.26 bits per heavy atom. The molecule has 1 aliphatic rings. The molecule has 1 saturated heterocycles. The summed E-state index contributed by atoms with van der Waals surface area (Å²) in [7, 11) is -1.30. The van der Waals surface area contributed by atoms with Crippen molar-refractivity contribution in [2.24, 2.45) is 10.9 Å². The molecule has 0 aromatic heterocycles. The Kier molecular flexibility index (Phi) is 7.24. The van der Waals surface area contributed by atoms with Crippen LogP contribution in [0, 0.1) is 5.92 Å². The fourth-order valence-corrected chi connectivity index (χ4v) is 3.87. The Bertz CT molecular complexity index is 773. The van der Waals surface area contributed by atoms with Crippen molar-refractivity contribution in [1.29, 1.82) is 0 Å². The SMILES string of the molecule is CN=C(NCc1ccc(CS(C)(=O)=O)cc1)NC1CCN(C(=O)C(C)C)C1. The Hall–Kier alpha value is -2.09. The zero-order valence-electron chi connectivity index (χ0n) is 16.5. The molecule has 0 spiro atoms. The van der Waals surface area contributed by atoms with E-state index in [1.165, 1.54) is 6.26 Å². The monoisotopic (exact) mass is 394 g/mol. The van der Waals surface area contributed by atoms with Crippen LogP contribution in [0.3, 0.4) is 0 Å². The van der Waals surface area contributed by atoms with Gasteiger partial charge >= 0.3 is 0 Å². The number of rotatable bonds is 6. The van der Waals surface area contributed by atoms with Gasteiger partial charge in [0, 0.05) is 44.9 Å². The molecule has 27 heavy (non-hydrogen) atoms. The number of sulfone groups is 1. The zero-order valence-corrected chi connectivity index (χ0v) is 17.3. The lowest BCUT2D eigenvalue weighted by Crippen LogP contribution is -2.45. The first-order chi connectivity index (χ1) is 12.7. The summed E-state index contributed by atoms with van der Waals surface area (Å²) in [6.07, 6.45) is 2.14. The third-order valence-electron chi connectivity index (χ3n) is 4.47. The standard InChI is InChI=1S/C19H30N4O3S/c1-14(2)18(24)23-10-9-17(12-23)22-19(20-3)21-11-15-5-7-16(8-6-15)13-27(4,25)26/h5-8,14,17H,9-13H2,1-4H3,(H2,20,21,22). The molecule has 1 atom stereocenters. The molecule has 0 saturated carbocycles. The minimum Gasteiger partial charge on any atom is -0.352 e. The van der Waals surface area contributed by atoms with Gasteiger partial charge in [-0.3, -0.25) is 9.79 Å². The van der Waals surface area contributed by atoms with E-state index < -0.39 is 9.84 Å². The summed E-state index contributed by atoms with van der Waals surface area (Å²) in [5.41, 5.74) is 1.82. The maximum Gasteiger partial charge on any atom is 0.225 e. The fraction of sp³-hybridized carbons (Fsp3) is 0.579. The van der Waals surface area contributed by atoms with Crippen molar-refractivity contribution in [3.8, 4) is 0 Å². The van der Waals surface area contributed by atoms with Gasteiger partial charge in [-0.2, -0.15) is 0 Å². The highest BCUT2D eigenvalue weighted by atomic mass is 32.2. The second-order valence-corrected chi connectivity index (χ2v) is 9.52. The minimum atomic E-state index is -3.02. The molecule has 1 aromatic rings. The molecular weight excluding hydrogens is 364 g/mol. The average molecular weight is 395 g/mol. The summed E-state index contributed by atoms with van der Waals surface area (Å²) in [5.74, 6) is 0.958. The molecule has 7 nitrogen and oxygen atoms in total. The number of aliphatic imine (C=N–C) groups is 1. The molecule has 1 unspecified atom stereocenters. The minimum absolute atomic E-state index is 0.0202. The van der Waals surface area contributed by atoms with Gasteiger partial charge in [0.25, 0.3) is 0 Å². The zero-order chi connectivity index (χ0) is 20.0. The van der Waals surface area contributed by atoms with E-state index in [0.717, 1.165) is 24.1 Å². The maximum atomic E-state index is 12.1. The number of carbonyl (C=O) groups is 1. The van der Waals surface area contributed by atoms with Crippen LogP contribution in [-0.2, 0) is 26.9 Å². The summed E-state index contributed by atoms with van der Waals surface area (Å²) in [5, 5.41) is 6.63. The lowest BCUT2D eigenvalue weighted by molar-refractivity contribution is -0.133. The quantitative estimate of drug-likeness (QED) is 0.558. The van der Waals surface area contributed by atoms with Gasteiger partial charge in [-0.05, 0) is 17.5 Å². The van der Waals surface area contributed by atoms with Crippen molar-refractivity contribution in [3.63, 3.8) is 0 Å². The largest absolute Gasteiger partial charge is 0.352 e. The summed E-state index contributed by atoms with van der Waals surface area (Å²) < 4.78 is 22.7. The number of hydrogen-bond donors (Lipinski definition) is 2. The summed E-state index contributed by atoms with van der Waals surface area (Å²) in [4.78, 5) is 18.2. The van der Waals surface area contributed by atoms with Crippen LogP contribution in [0.15, 0.2) is 29.3 Å². The number of hydrogen-bond acceptors (Lipinski definition) is 4. The molecule has 8 heteroatoms. The molecule has 1 aromatic carbocycles. The van der Waals surface area contributed by atoms with E-state index in [1.54, 1.807) is 7.05 Å². The Balaban J connectivity index is 1.83. The maximum absolute atomic E-state index is 12.1. The number of guanidine groups is 1. The molecule has 2 rings (SSSR count). The molecule has 0 radical (unpaired) electrons. The molecule has 1 heterocycles. The number of benzene rings is 1. The van der Waals surface area contributed by atoms with E-state index in [2.05, 4.69) is 15.6 Å². The average Bonchev–Trinajstić information content (AvgIpc) is 3.06. The third kappa shape index (κ3) is 6.86. The van der Waals surface area contributed by atoms with Crippen molar-refractivity contribution in [2.75, 3.05) is 26.4 Å². The van der Waals surface area contributed by atoms with Gasteiger partial charge in [0.2, 0.25) is 5.91 Å². The van der Waals surface area contributed by atoms with Gasteiger partial charge in [0.1, 0.15) is 0 Å². The number of carbonyl (C=O) groups excluding carboxylic acids is 1. The predicted molar refractivity (Wildman–Crippen MR) is 108 cm³/mol. The van der Waals surface area contributed by atoms with Gasteiger partial charge in [0.15, 0.2) is 15.8 Å². The van der Waals surface area contributed by atoms with E-state index in [4.69, 9.17) is 0 Å². The van der Waals surface area contributed by atoms with Crippen LogP contribution < -0.4 is 10.6 Å². The third-order valence-corrected chi connectivity index (χ3v) is 5.33. The van der Waals surface area contributed by atoms with Crippen LogP contribution >= 0.6 is 0 Å². The van der Waals surface area contributed by atoms with Crippen LogP contribution in [0.5, 0.6) is 0 Å². The first-order valence-corrected chi connectivity index (χ1v) is 11.3. The molecule has 0 aliphatic carbocycles. The highest BCUT2D eigenvalue weighted by Gasteiger charge is 2.27. The molecular formula is C19H30N4O3S. The first-order valence-electron chi connectivity index (χ1n) is 9.19. The van der Waals surface area contributed by atoms with Crippen LogP contribution in [0.4, 0.5) is 0 Å². The molecule has 1 amide bonds. The summed E-state index contributed by atoms with van der Waals surface area (Å²) >= 11 is 0. The summed E-state index contributed by atoms with van der Waals surface area (Å²) in [6.45, 7) is 5.89. The Labute approximate surface area is 162 Å². The van der Waals surface area contributed by atoms with Crippen molar-refractivity contribution >= 4 is 21.7 Å². The number of nitrogens with zero attached hydrogens (tertiary/aromatic N) is 2. The van der Waals surface area contributed by atoms with Crippen LogP contribution in [-0.4, -0.2) is 57.6 Å². The lowest BCUT2D eigenvalue weighted by Gasteiger charge is -2.20. The van der Waals surface area contributed by atoms with Crippen LogP contribution in [0.25, 0.3) is 0 Å².